The molecule has 2 N–H and O–H groups in total. The molecule has 110 valence electrons. The third kappa shape index (κ3) is 3.69. The number of hydrogen-bond acceptors (Lipinski definition) is 6. The Hall–Kier alpha value is -2.12. The maximum atomic E-state index is 11.5. The minimum absolute atomic E-state index is 0.0718. The summed E-state index contributed by atoms with van der Waals surface area (Å²) < 4.78 is 9.78. The number of hydrogen-bond donors (Lipinski definition) is 2. The molecule has 2 saturated heterocycles. The lowest BCUT2D eigenvalue weighted by atomic mass is 10.2. The van der Waals surface area contributed by atoms with Gasteiger partial charge in [0.25, 0.3) is 0 Å². The minimum atomic E-state index is -0.604. The maximum Gasteiger partial charge on any atom is 0.328 e. The Morgan fingerprint density at radius 3 is 1.60 bits per heavy atom. The first-order valence-electron chi connectivity index (χ1n) is 6.48. The van der Waals surface area contributed by atoms with E-state index in [-0.39, 0.29) is 25.0 Å². The van der Waals surface area contributed by atoms with Gasteiger partial charge in [-0.15, -0.1) is 0 Å². The summed E-state index contributed by atoms with van der Waals surface area (Å²) in [6, 6.07) is -1.21. The van der Waals surface area contributed by atoms with E-state index in [0.29, 0.717) is 25.7 Å². The van der Waals surface area contributed by atoms with E-state index in [0.717, 1.165) is 0 Å². The van der Waals surface area contributed by atoms with Crippen LogP contribution in [0.2, 0.25) is 0 Å². The Labute approximate surface area is 115 Å². The molecule has 2 amide bonds. The molecule has 2 aliphatic heterocycles. The largest absolute Gasteiger partial charge is 0.461 e. The zero-order valence-electron chi connectivity index (χ0n) is 10.8. The molecule has 0 aromatic rings. The van der Waals surface area contributed by atoms with Gasteiger partial charge in [0.05, 0.1) is 0 Å². The lowest BCUT2D eigenvalue weighted by Crippen LogP contribution is -2.36. The summed E-state index contributed by atoms with van der Waals surface area (Å²) in [6.45, 7) is -0.144. The number of rotatable bonds is 5. The van der Waals surface area contributed by atoms with E-state index < -0.39 is 24.0 Å². The Morgan fingerprint density at radius 2 is 1.30 bits per heavy atom. The summed E-state index contributed by atoms with van der Waals surface area (Å²) in [6.07, 6.45) is 1.48. The van der Waals surface area contributed by atoms with E-state index in [9.17, 15) is 19.2 Å². The van der Waals surface area contributed by atoms with Crippen molar-refractivity contribution in [3.05, 3.63) is 0 Å². The fourth-order valence-corrected chi connectivity index (χ4v) is 2.07. The Bertz CT molecular complexity index is 396. The molecule has 2 aliphatic rings. The van der Waals surface area contributed by atoms with Gasteiger partial charge in [0.2, 0.25) is 11.8 Å². The SMILES string of the molecule is O=C1CCC(C(=O)OCCOC(=O)C2CCC(=O)N2)N1. The number of carbonyl (C=O) groups excluding carboxylic acids is 4. The van der Waals surface area contributed by atoms with Gasteiger partial charge in [-0.1, -0.05) is 0 Å². The molecule has 0 bridgehead atoms. The fraction of sp³-hybridized carbons (Fsp3) is 0.667. The normalized spacial score (nSPS) is 25.0. The average Bonchev–Trinajstić information content (AvgIpc) is 3.03. The van der Waals surface area contributed by atoms with Crippen molar-refractivity contribution in [1.82, 2.24) is 10.6 Å². The summed E-state index contributed by atoms with van der Waals surface area (Å²) >= 11 is 0. The van der Waals surface area contributed by atoms with Crippen LogP contribution in [0.4, 0.5) is 0 Å². The van der Waals surface area contributed by atoms with Gasteiger partial charge in [-0.2, -0.15) is 0 Å². The number of ether oxygens (including phenoxy) is 2. The van der Waals surface area contributed by atoms with Crippen LogP contribution in [0.15, 0.2) is 0 Å². The van der Waals surface area contributed by atoms with Gasteiger partial charge in [0.1, 0.15) is 25.3 Å². The quantitative estimate of drug-likeness (QED) is 0.476. The van der Waals surface area contributed by atoms with Crippen LogP contribution in [0.1, 0.15) is 25.7 Å². The highest BCUT2D eigenvalue weighted by atomic mass is 16.6. The number of esters is 2. The summed E-state index contributed by atoms with van der Waals surface area (Å²) in [5.41, 5.74) is 0. The Balaban J connectivity index is 1.59. The van der Waals surface area contributed by atoms with E-state index >= 15 is 0 Å². The van der Waals surface area contributed by atoms with Crippen LogP contribution >= 0.6 is 0 Å². The van der Waals surface area contributed by atoms with E-state index in [2.05, 4.69) is 10.6 Å². The second kappa shape index (κ2) is 6.36. The van der Waals surface area contributed by atoms with Gasteiger partial charge >= 0.3 is 11.9 Å². The second-order valence-electron chi connectivity index (χ2n) is 4.65. The molecule has 8 heteroatoms. The van der Waals surface area contributed by atoms with Crippen LogP contribution in [-0.4, -0.2) is 49.1 Å². The van der Waals surface area contributed by atoms with Gasteiger partial charge in [0, 0.05) is 12.8 Å². The molecule has 2 fully saturated rings. The van der Waals surface area contributed by atoms with Crippen LogP contribution in [0.5, 0.6) is 0 Å². The summed E-state index contributed by atoms with van der Waals surface area (Å²) in [4.78, 5) is 44.9. The van der Waals surface area contributed by atoms with E-state index in [1.165, 1.54) is 0 Å². The molecule has 0 radical (unpaired) electrons. The zero-order chi connectivity index (χ0) is 14.5. The first-order valence-corrected chi connectivity index (χ1v) is 6.48. The smallest absolute Gasteiger partial charge is 0.328 e. The lowest BCUT2D eigenvalue weighted by molar-refractivity contribution is -0.154. The van der Waals surface area contributed by atoms with Crippen LogP contribution in [0, 0.1) is 0 Å². The molecule has 8 nitrogen and oxygen atoms in total. The van der Waals surface area contributed by atoms with Crippen molar-refractivity contribution < 1.29 is 28.7 Å². The third-order valence-corrected chi connectivity index (χ3v) is 3.13. The standard InChI is InChI=1S/C12H16N2O6/c15-9-3-1-7(13-9)11(17)19-5-6-20-12(18)8-2-4-10(16)14-8/h7-8H,1-6H2,(H,13,15)(H,14,16). The van der Waals surface area contributed by atoms with Crippen molar-refractivity contribution in [3.63, 3.8) is 0 Å². The molecule has 20 heavy (non-hydrogen) atoms. The Morgan fingerprint density at radius 1 is 0.900 bits per heavy atom. The second-order valence-corrected chi connectivity index (χ2v) is 4.65. The van der Waals surface area contributed by atoms with Crippen LogP contribution < -0.4 is 10.6 Å². The van der Waals surface area contributed by atoms with Gasteiger partial charge < -0.3 is 20.1 Å². The van der Waals surface area contributed by atoms with Crippen molar-refractivity contribution in [3.8, 4) is 0 Å². The molecule has 0 saturated carbocycles. The summed E-state index contributed by atoms with van der Waals surface area (Å²) in [5.74, 6) is -1.40. The molecular weight excluding hydrogens is 268 g/mol. The first kappa shape index (κ1) is 14.3. The molecule has 0 aromatic carbocycles. The van der Waals surface area contributed by atoms with Crippen LogP contribution in [-0.2, 0) is 28.7 Å². The summed E-state index contributed by atoms with van der Waals surface area (Å²) in [5, 5.41) is 4.97. The monoisotopic (exact) mass is 284 g/mol. The maximum absolute atomic E-state index is 11.5. The average molecular weight is 284 g/mol. The van der Waals surface area contributed by atoms with Crippen molar-refractivity contribution in [2.75, 3.05) is 13.2 Å². The molecule has 2 heterocycles. The molecule has 2 atom stereocenters. The minimum Gasteiger partial charge on any atom is -0.461 e. The predicted octanol–water partition coefficient (Wildman–Crippen LogP) is -1.37. The van der Waals surface area contributed by atoms with Crippen molar-refractivity contribution in [2.45, 2.75) is 37.8 Å². The number of amides is 2. The molecule has 0 spiro atoms. The highest BCUT2D eigenvalue weighted by Crippen LogP contribution is 2.09. The third-order valence-electron chi connectivity index (χ3n) is 3.13. The number of carbonyl (C=O) groups is 4. The highest BCUT2D eigenvalue weighted by molar-refractivity contribution is 5.88. The zero-order valence-corrected chi connectivity index (χ0v) is 10.8. The molecule has 2 rings (SSSR count). The fourth-order valence-electron chi connectivity index (χ4n) is 2.07. The molecular formula is C12H16N2O6. The van der Waals surface area contributed by atoms with Crippen LogP contribution in [0.25, 0.3) is 0 Å². The van der Waals surface area contributed by atoms with Gasteiger partial charge in [0.15, 0.2) is 0 Å². The van der Waals surface area contributed by atoms with Gasteiger partial charge in [-0.05, 0) is 12.8 Å². The summed E-state index contributed by atoms with van der Waals surface area (Å²) in [7, 11) is 0. The number of nitrogens with one attached hydrogen (secondary N) is 2. The van der Waals surface area contributed by atoms with Gasteiger partial charge in [-0.25, -0.2) is 9.59 Å². The van der Waals surface area contributed by atoms with Crippen molar-refractivity contribution in [2.24, 2.45) is 0 Å². The van der Waals surface area contributed by atoms with E-state index in [1.54, 1.807) is 0 Å². The molecule has 0 aliphatic carbocycles. The van der Waals surface area contributed by atoms with E-state index in [4.69, 9.17) is 9.47 Å². The molecule has 2 unspecified atom stereocenters. The van der Waals surface area contributed by atoms with Crippen LogP contribution in [0.3, 0.4) is 0 Å². The lowest BCUT2D eigenvalue weighted by Gasteiger charge is -2.12. The first-order chi connectivity index (χ1) is 9.56. The van der Waals surface area contributed by atoms with Crippen molar-refractivity contribution in [1.29, 1.82) is 0 Å². The molecule has 0 aromatic heterocycles. The van der Waals surface area contributed by atoms with Crippen molar-refractivity contribution >= 4 is 23.8 Å². The van der Waals surface area contributed by atoms with Gasteiger partial charge in [-0.3, -0.25) is 9.59 Å². The Kier molecular flexibility index (Phi) is 4.54. The topological polar surface area (TPSA) is 111 Å². The predicted molar refractivity (Wildman–Crippen MR) is 64.2 cm³/mol. The van der Waals surface area contributed by atoms with E-state index in [1.807, 2.05) is 0 Å². The highest BCUT2D eigenvalue weighted by Gasteiger charge is 2.29.